The van der Waals surface area contributed by atoms with E-state index >= 15 is 0 Å². The van der Waals surface area contributed by atoms with E-state index in [1.165, 1.54) is 16.0 Å². The molecule has 1 heterocycles. The summed E-state index contributed by atoms with van der Waals surface area (Å²) >= 11 is 7.80. The predicted octanol–water partition coefficient (Wildman–Crippen LogP) is 4.02. The van der Waals surface area contributed by atoms with Crippen molar-refractivity contribution >= 4 is 22.9 Å². The van der Waals surface area contributed by atoms with Crippen molar-refractivity contribution in [2.75, 3.05) is 7.05 Å². The van der Waals surface area contributed by atoms with Crippen LogP contribution >= 0.6 is 22.9 Å². The van der Waals surface area contributed by atoms with Crippen LogP contribution in [0, 0.1) is 6.92 Å². The van der Waals surface area contributed by atoms with Crippen LogP contribution in [-0.4, -0.2) is 7.05 Å². The first-order valence-corrected chi connectivity index (χ1v) is 6.45. The number of nitrogens with one attached hydrogen (secondary N) is 1. The Bertz CT molecular complexity index is 478. The van der Waals surface area contributed by atoms with Gasteiger partial charge in [-0.05, 0) is 48.7 Å². The molecule has 3 heteroatoms. The smallest absolute Gasteiger partial charge is 0.0671 e. The fraction of sp³-hybridized carbons (Fsp3) is 0.231. The number of rotatable bonds is 3. The van der Waals surface area contributed by atoms with Gasteiger partial charge in [0.15, 0.2) is 0 Å². The Balaban J connectivity index is 2.40. The van der Waals surface area contributed by atoms with E-state index in [0.29, 0.717) is 0 Å². The van der Waals surface area contributed by atoms with Crippen LogP contribution in [0.25, 0.3) is 0 Å². The van der Waals surface area contributed by atoms with E-state index < -0.39 is 0 Å². The van der Waals surface area contributed by atoms with Crippen LogP contribution in [0.4, 0.5) is 0 Å². The Labute approximate surface area is 105 Å². The topological polar surface area (TPSA) is 12.0 Å². The highest BCUT2D eigenvalue weighted by Gasteiger charge is 2.15. The molecule has 1 unspecified atom stereocenters. The third kappa shape index (κ3) is 2.29. The Morgan fingerprint density at radius 1 is 1.31 bits per heavy atom. The second kappa shape index (κ2) is 5.00. The second-order valence-corrected chi connectivity index (χ2v) is 5.13. The molecule has 1 aromatic carbocycles. The van der Waals surface area contributed by atoms with Crippen LogP contribution in [0.2, 0.25) is 5.02 Å². The van der Waals surface area contributed by atoms with Gasteiger partial charge in [0.05, 0.1) is 6.04 Å². The number of thiophene rings is 1. The van der Waals surface area contributed by atoms with Crippen molar-refractivity contribution in [1.29, 1.82) is 0 Å². The van der Waals surface area contributed by atoms with Crippen molar-refractivity contribution < 1.29 is 0 Å². The first-order chi connectivity index (χ1) is 7.72. The number of halogens is 1. The summed E-state index contributed by atoms with van der Waals surface area (Å²) in [5.74, 6) is 0. The van der Waals surface area contributed by atoms with Gasteiger partial charge in [0, 0.05) is 9.90 Å². The minimum absolute atomic E-state index is 0.235. The molecule has 2 rings (SSSR count). The Kier molecular flexibility index (Phi) is 3.64. The normalized spacial score (nSPS) is 12.7. The quantitative estimate of drug-likeness (QED) is 0.869. The largest absolute Gasteiger partial charge is 0.309 e. The fourth-order valence-electron chi connectivity index (χ4n) is 1.82. The minimum atomic E-state index is 0.235. The molecule has 1 nitrogen and oxygen atoms in total. The summed E-state index contributed by atoms with van der Waals surface area (Å²) in [6.07, 6.45) is 0. The van der Waals surface area contributed by atoms with Gasteiger partial charge in [-0.2, -0.15) is 0 Å². The van der Waals surface area contributed by atoms with E-state index in [1.54, 1.807) is 11.3 Å². The van der Waals surface area contributed by atoms with Gasteiger partial charge < -0.3 is 5.32 Å². The Morgan fingerprint density at radius 3 is 2.69 bits per heavy atom. The van der Waals surface area contributed by atoms with Gasteiger partial charge in [0.1, 0.15) is 0 Å². The number of hydrogen-bond donors (Lipinski definition) is 1. The first-order valence-electron chi connectivity index (χ1n) is 5.19. The lowest BCUT2D eigenvalue weighted by atomic mass is 10.0. The molecule has 0 amide bonds. The third-order valence-electron chi connectivity index (χ3n) is 2.63. The average molecular weight is 252 g/mol. The summed E-state index contributed by atoms with van der Waals surface area (Å²) in [5.41, 5.74) is 2.53. The average Bonchev–Trinajstić information content (AvgIpc) is 2.67. The maximum absolute atomic E-state index is 6.02. The zero-order valence-electron chi connectivity index (χ0n) is 9.33. The summed E-state index contributed by atoms with van der Waals surface area (Å²) < 4.78 is 0. The van der Waals surface area contributed by atoms with Crippen LogP contribution in [0.1, 0.15) is 22.0 Å². The number of hydrogen-bond acceptors (Lipinski definition) is 2. The molecule has 1 aromatic heterocycles. The van der Waals surface area contributed by atoms with Crippen molar-refractivity contribution in [3.63, 3.8) is 0 Å². The molecule has 84 valence electrons. The van der Waals surface area contributed by atoms with Gasteiger partial charge in [-0.1, -0.05) is 23.7 Å². The van der Waals surface area contributed by atoms with Crippen molar-refractivity contribution in [3.05, 3.63) is 56.7 Å². The van der Waals surface area contributed by atoms with Gasteiger partial charge >= 0.3 is 0 Å². The molecule has 16 heavy (non-hydrogen) atoms. The molecule has 0 fully saturated rings. The third-order valence-corrected chi connectivity index (χ3v) is 3.95. The molecule has 0 saturated heterocycles. The lowest BCUT2D eigenvalue weighted by Gasteiger charge is -2.16. The van der Waals surface area contributed by atoms with E-state index in [9.17, 15) is 0 Å². The van der Waals surface area contributed by atoms with E-state index in [4.69, 9.17) is 11.6 Å². The summed E-state index contributed by atoms with van der Waals surface area (Å²) in [6, 6.07) is 10.4. The molecule has 1 atom stereocenters. The van der Waals surface area contributed by atoms with Crippen LogP contribution in [-0.2, 0) is 0 Å². The van der Waals surface area contributed by atoms with E-state index in [1.807, 2.05) is 25.2 Å². The zero-order chi connectivity index (χ0) is 11.5. The van der Waals surface area contributed by atoms with Crippen molar-refractivity contribution in [3.8, 4) is 0 Å². The molecular formula is C13H14ClNS. The molecule has 0 saturated carbocycles. The van der Waals surface area contributed by atoms with Gasteiger partial charge in [-0.15, -0.1) is 11.3 Å². The molecule has 2 aromatic rings. The van der Waals surface area contributed by atoms with Crippen LogP contribution in [0.15, 0.2) is 35.7 Å². The highest BCUT2D eigenvalue weighted by Crippen LogP contribution is 2.30. The summed E-state index contributed by atoms with van der Waals surface area (Å²) in [4.78, 5) is 1.35. The number of benzene rings is 1. The maximum Gasteiger partial charge on any atom is 0.0671 e. The Morgan fingerprint density at radius 2 is 2.12 bits per heavy atom. The van der Waals surface area contributed by atoms with Crippen molar-refractivity contribution in [1.82, 2.24) is 5.32 Å². The van der Waals surface area contributed by atoms with Crippen LogP contribution < -0.4 is 5.32 Å². The highest BCUT2D eigenvalue weighted by molar-refractivity contribution is 7.10. The van der Waals surface area contributed by atoms with Crippen molar-refractivity contribution in [2.45, 2.75) is 13.0 Å². The number of aryl methyl sites for hydroxylation is 1. The molecule has 0 aliphatic heterocycles. The van der Waals surface area contributed by atoms with E-state index in [-0.39, 0.29) is 6.04 Å². The molecule has 0 spiro atoms. The molecule has 0 aliphatic rings. The van der Waals surface area contributed by atoms with Crippen LogP contribution in [0.3, 0.4) is 0 Å². The molecule has 1 N–H and O–H groups in total. The molecule has 0 aliphatic carbocycles. The highest BCUT2D eigenvalue weighted by atomic mass is 35.5. The second-order valence-electron chi connectivity index (χ2n) is 3.74. The monoisotopic (exact) mass is 251 g/mol. The fourth-order valence-corrected chi connectivity index (χ4v) is 3.08. The minimum Gasteiger partial charge on any atom is -0.309 e. The predicted molar refractivity (Wildman–Crippen MR) is 71.4 cm³/mol. The van der Waals surface area contributed by atoms with Gasteiger partial charge in [0.2, 0.25) is 0 Å². The first kappa shape index (κ1) is 11.6. The van der Waals surface area contributed by atoms with Crippen molar-refractivity contribution in [2.24, 2.45) is 0 Å². The van der Waals surface area contributed by atoms with E-state index in [0.717, 1.165) is 5.02 Å². The lowest BCUT2D eigenvalue weighted by Crippen LogP contribution is -2.17. The molecular weight excluding hydrogens is 238 g/mol. The Hall–Kier alpha value is -0.830. The van der Waals surface area contributed by atoms with E-state index in [2.05, 4.69) is 29.8 Å². The van der Waals surface area contributed by atoms with Gasteiger partial charge in [-0.3, -0.25) is 0 Å². The van der Waals surface area contributed by atoms with Crippen LogP contribution in [0.5, 0.6) is 0 Å². The summed E-state index contributed by atoms with van der Waals surface area (Å²) in [7, 11) is 1.98. The van der Waals surface area contributed by atoms with Gasteiger partial charge in [-0.25, -0.2) is 0 Å². The molecule has 0 radical (unpaired) electrons. The lowest BCUT2D eigenvalue weighted by molar-refractivity contribution is 0.700. The summed E-state index contributed by atoms with van der Waals surface area (Å²) in [5, 5.41) is 6.25. The maximum atomic E-state index is 6.02. The molecule has 0 bridgehead atoms. The summed E-state index contributed by atoms with van der Waals surface area (Å²) in [6.45, 7) is 2.14. The van der Waals surface area contributed by atoms with Gasteiger partial charge in [0.25, 0.3) is 0 Å². The SMILES string of the molecule is CNC(c1cccc(Cl)c1)c1sccc1C. The standard InChI is InChI=1S/C13H14ClNS/c1-9-6-7-16-13(9)12(15-2)10-4-3-5-11(14)8-10/h3-8,12,15H,1-2H3. The zero-order valence-corrected chi connectivity index (χ0v) is 10.9.